The number of hydrogen-bond acceptors (Lipinski definition) is 2. The summed E-state index contributed by atoms with van der Waals surface area (Å²) >= 11 is 0. The standard InChI is InChI=1S/C5H12N2O/c1-3-7-5(8)4(2)6/h4H,3,6H2,1-2H3,(H,7,8)/t4-/m0/s1/i1D. The summed E-state index contributed by atoms with van der Waals surface area (Å²) in [6.45, 7) is 2.21. The summed E-state index contributed by atoms with van der Waals surface area (Å²) in [5, 5.41) is 2.48. The lowest BCUT2D eigenvalue weighted by atomic mass is 10.3. The first kappa shape index (κ1) is 5.56. The Bertz CT molecular complexity index is 95.0. The number of amides is 1. The van der Waals surface area contributed by atoms with Gasteiger partial charge in [-0.05, 0) is 13.8 Å². The van der Waals surface area contributed by atoms with Gasteiger partial charge in [0.05, 0.1) is 6.04 Å². The minimum Gasteiger partial charge on any atom is -0.355 e. The van der Waals surface area contributed by atoms with Crippen molar-refractivity contribution in [1.82, 2.24) is 5.32 Å². The van der Waals surface area contributed by atoms with Crippen LogP contribution in [0.3, 0.4) is 0 Å². The molecule has 3 N–H and O–H groups in total. The zero-order valence-electron chi connectivity index (χ0n) is 5.98. The van der Waals surface area contributed by atoms with Gasteiger partial charge in [0, 0.05) is 7.92 Å². The molecular formula is C5H12N2O. The first-order valence-electron chi connectivity index (χ1n) is 3.21. The van der Waals surface area contributed by atoms with Crippen LogP contribution in [0.2, 0.25) is 0 Å². The van der Waals surface area contributed by atoms with E-state index in [0.29, 0.717) is 6.54 Å². The van der Waals surface area contributed by atoms with E-state index in [9.17, 15) is 4.79 Å². The Morgan fingerprint density at radius 3 is 3.12 bits per heavy atom. The van der Waals surface area contributed by atoms with Gasteiger partial charge in [0.25, 0.3) is 0 Å². The van der Waals surface area contributed by atoms with Crippen LogP contribution in [0.1, 0.15) is 15.2 Å². The van der Waals surface area contributed by atoms with Crippen LogP contribution in [0.5, 0.6) is 0 Å². The van der Waals surface area contributed by atoms with Crippen molar-refractivity contribution in [3.63, 3.8) is 0 Å². The van der Waals surface area contributed by atoms with Gasteiger partial charge in [-0.2, -0.15) is 0 Å². The normalized spacial score (nSPS) is 14.5. The number of nitrogens with one attached hydrogen (secondary N) is 1. The predicted octanol–water partition coefficient (Wildman–Crippen LogP) is -0.530. The maximum Gasteiger partial charge on any atom is 0.236 e. The minimum absolute atomic E-state index is 0.192. The Morgan fingerprint density at radius 2 is 2.75 bits per heavy atom. The quantitative estimate of drug-likeness (QED) is 0.511. The SMILES string of the molecule is [2H]CCNC(=O)[C@H](C)N. The van der Waals surface area contributed by atoms with Crippen molar-refractivity contribution < 1.29 is 6.17 Å². The highest BCUT2D eigenvalue weighted by atomic mass is 16.2. The van der Waals surface area contributed by atoms with Gasteiger partial charge in [0.2, 0.25) is 5.91 Å². The minimum atomic E-state index is -0.462. The van der Waals surface area contributed by atoms with Crippen molar-refractivity contribution in [3.8, 4) is 0 Å². The molecule has 0 aliphatic rings. The van der Waals surface area contributed by atoms with E-state index in [2.05, 4.69) is 5.32 Å². The Labute approximate surface area is 50.7 Å². The molecular weight excluding hydrogens is 104 g/mol. The molecule has 3 nitrogen and oxygen atoms in total. The monoisotopic (exact) mass is 117 g/mol. The molecule has 0 aromatic heterocycles. The summed E-state index contributed by atoms with van der Waals surface area (Å²) in [5.41, 5.74) is 5.20. The maximum absolute atomic E-state index is 10.6. The van der Waals surface area contributed by atoms with Crippen LogP contribution in [0, 0.1) is 0 Å². The Kier molecular flexibility index (Phi) is 2.39. The van der Waals surface area contributed by atoms with Crippen LogP contribution in [0.4, 0.5) is 0 Å². The van der Waals surface area contributed by atoms with Gasteiger partial charge in [-0.1, -0.05) is 0 Å². The van der Waals surface area contributed by atoms with E-state index in [-0.39, 0.29) is 12.8 Å². The number of carbonyl (C=O) groups is 1. The Hall–Kier alpha value is -0.570. The number of likely N-dealkylation sites (N-methyl/N-ethyl adjacent to an activating group) is 1. The smallest absolute Gasteiger partial charge is 0.236 e. The molecule has 0 spiro atoms. The van der Waals surface area contributed by atoms with E-state index in [1.807, 2.05) is 0 Å². The van der Waals surface area contributed by atoms with Crippen molar-refractivity contribution in [3.05, 3.63) is 0 Å². The third-order valence-electron chi connectivity index (χ3n) is 0.713. The fourth-order valence-electron chi connectivity index (χ4n) is 0.284. The molecule has 1 atom stereocenters. The van der Waals surface area contributed by atoms with Crippen molar-refractivity contribution in [2.75, 3.05) is 6.54 Å². The highest BCUT2D eigenvalue weighted by Gasteiger charge is 2.02. The molecule has 48 valence electrons. The van der Waals surface area contributed by atoms with Gasteiger partial charge in [-0.25, -0.2) is 0 Å². The number of nitrogens with two attached hydrogens (primary N) is 1. The maximum atomic E-state index is 10.6. The predicted molar refractivity (Wildman–Crippen MR) is 32.3 cm³/mol. The second-order valence-corrected chi connectivity index (χ2v) is 1.58. The van der Waals surface area contributed by atoms with Gasteiger partial charge in [-0.15, -0.1) is 0 Å². The fourth-order valence-corrected chi connectivity index (χ4v) is 0.284. The Morgan fingerprint density at radius 1 is 2.12 bits per heavy atom. The van der Waals surface area contributed by atoms with Crippen molar-refractivity contribution in [2.24, 2.45) is 5.73 Å². The molecule has 3 heteroatoms. The lowest BCUT2D eigenvalue weighted by Crippen LogP contribution is -2.37. The first-order valence-corrected chi connectivity index (χ1v) is 2.51. The highest BCUT2D eigenvalue weighted by molar-refractivity contribution is 5.80. The first-order chi connectivity index (χ1) is 4.18. The van der Waals surface area contributed by atoms with Gasteiger partial charge in [0.1, 0.15) is 0 Å². The van der Waals surface area contributed by atoms with E-state index >= 15 is 0 Å². The molecule has 0 radical (unpaired) electrons. The number of hydrogen-bond donors (Lipinski definition) is 2. The highest BCUT2D eigenvalue weighted by Crippen LogP contribution is 1.71. The lowest BCUT2D eigenvalue weighted by Gasteiger charge is -2.02. The molecule has 0 aromatic carbocycles. The van der Waals surface area contributed by atoms with Crippen LogP contribution in [0.25, 0.3) is 0 Å². The summed E-state index contributed by atoms with van der Waals surface area (Å²) in [5.74, 6) is -0.192. The van der Waals surface area contributed by atoms with Gasteiger partial charge < -0.3 is 11.1 Å². The van der Waals surface area contributed by atoms with Gasteiger partial charge in [0.15, 0.2) is 0 Å². The summed E-state index contributed by atoms with van der Waals surface area (Å²) in [6.07, 6.45) is 0. The van der Waals surface area contributed by atoms with E-state index in [1.54, 1.807) is 6.92 Å². The van der Waals surface area contributed by atoms with Crippen molar-refractivity contribution >= 4 is 5.91 Å². The topological polar surface area (TPSA) is 55.1 Å². The molecule has 1 amide bonds. The van der Waals surface area contributed by atoms with Crippen LogP contribution in [0.15, 0.2) is 0 Å². The average molecular weight is 117 g/mol. The van der Waals surface area contributed by atoms with E-state index < -0.39 is 6.04 Å². The van der Waals surface area contributed by atoms with Gasteiger partial charge >= 0.3 is 0 Å². The molecule has 8 heavy (non-hydrogen) atoms. The summed E-state index contributed by atoms with van der Waals surface area (Å²) in [4.78, 5) is 10.6. The number of carbonyl (C=O) groups excluding carboxylic acids is 1. The molecule has 0 unspecified atom stereocenters. The molecule has 0 aliphatic heterocycles. The van der Waals surface area contributed by atoms with Crippen LogP contribution < -0.4 is 11.1 Å². The van der Waals surface area contributed by atoms with E-state index in [0.717, 1.165) is 0 Å². The molecule has 0 heterocycles. The largest absolute Gasteiger partial charge is 0.355 e. The molecule has 0 aromatic rings. The fraction of sp³-hybridized carbons (Fsp3) is 0.800. The van der Waals surface area contributed by atoms with Crippen LogP contribution in [-0.2, 0) is 4.79 Å². The zero-order valence-corrected chi connectivity index (χ0v) is 4.98. The van der Waals surface area contributed by atoms with Crippen molar-refractivity contribution in [2.45, 2.75) is 19.9 Å². The van der Waals surface area contributed by atoms with E-state index in [1.165, 1.54) is 0 Å². The Balaban J connectivity index is 3.28. The molecule has 0 fully saturated rings. The molecule has 0 rings (SSSR count). The molecule has 0 saturated carbocycles. The zero-order chi connectivity index (χ0) is 7.28. The summed E-state index contributed by atoms with van der Waals surface area (Å²) in [7, 11) is 0. The third kappa shape index (κ3) is 2.58. The third-order valence-corrected chi connectivity index (χ3v) is 0.713. The summed E-state index contributed by atoms with van der Waals surface area (Å²) < 4.78 is 6.68. The molecule has 0 saturated heterocycles. The lowest BCUT2D eigenvalue weighted by molar-refractivity contribution is -0.121. The molecule has 0 aliphatic carbocycles. The second kappa shape index (κ2) is 3.43. The second-order valence-electron chi connectivity index (χ2n) is 1.58. The van der Waals surface area contributed by atoms with E-state index in [4.69, 9.17) is 7.10 Å². The van der Waals surface area contributed by atoms with Crippen molar-refractivity contribution in [1.29, 1.82) is 0 Å². The van der Waals surface area contributed by atoms with Crippen LogP contribution in [-0.4, -0.2) is 18.5 Å². The summed E-state index contributed by atoms with van der Waals surface area (Å²) in [6, 6.07) is -0.462. The molecule has 0 bridgehead atoms. The van der Waals surface area contributed by atoms with Crippen LogP contribution >= 0.6 is 0 Å². The number of rotatable bonds is 2. The average Bonchev–Trinajstić information content (AvgIpc) is 1.82. The van der Waals surface area contributed by atoms with Gasteiger partial charge in [-0.3, -0.25) is 4.79 Å².